The third kappa shape index (κ3) is 9.75. The molecule has 2 atom stereocenters. The van der Waals surface area contributed by atoms with Crippen LogP contribution in [0.25, 0.3) is 0 Å². The molecular formula is C25H27BrF3N5O8S. The maximum absolute atomic E-state index is 13.1. The van der Waals surface area contributed by atoms with Gasteiger partial charge in [-0.25, -0.2) is 13.2 Å². The van der Waals surface area contributed by atoms with E-state index >= 15 is 0 Å². The molecule has 0 saturated carbocycles. The van der Waals surface area contributed by atoms with Crippen LogP contribution >= 0.6 is 15.9 Å². The van der Waals surface area contributed by atoms with Crippen molar-refractivity contribution in [2.45, 2.75) is 49.3 Å². The predicted molar refractivity (Wildman–Crippen MR) is 150 cm³/mol. The zero-order chi connectivity index (χ0) is 32.7. The van der Waals surface area contributed by atoms with Gasteiger partial charge in [0.25, 0.3) is 0 Å². The van der Waals surface area contributed by atoms with Crippen molar-refractivity contribution in [2.24, 2.45) is 5.73 Å². The summed E-state index contributed by atoms with van der Waals surface area (Å²) in [6.07, 6.45) is -4.80. The summed E-state index contributed by atoms with van der Waals surface area (Å²) in [5, 5.41) is 29.1. The number of carboxylic acids is 2. The van der Waals surface area contributed by atoms with Crippen molar-refractivity contribution in [3.63, 3.8) is 0 Å². The molecular weight excluding hydrogens is 667 g/mol. The number of aliphatic carboxylic acids is 2. The Morgan fingerprint density at radius 2 is 1.70 bits per heavy atom. The van der Waals surface area contributed by atoms with Crippen LogP contribution in [0.15, 0.2) is 51.8 Å². The van der Waals surface area contributed by atoms with Crippen LogP contribution in [0, 0.1) is 5.41 Å². The summed E-state index contributed by atoms with van der Waals surface area (Å²) < 4.78 is 59.1. The fourth-order valence-corrected chi connectivity index (χ4v) is 6.56. The molecule has 1 aliphatic rings. The highest BCUT2D eigenvalue weighted by Crippen LogP contribution is 2.32. The minimum Gasteiger partial charge on any atom is -0.480 e. The van der Waals surface area contributed by atoms with Crippen molar-refractivity contribution in [1.29, 1.82) is 5.41 Å². The van der Waals surface area contributed by atoms with Gasteiger partial charge in [-0.3, -0.25) is 19.8 Å². The molecule has 2 aromatic carbocycles. The lowest BCUT2D eigenvalue weighted by Crippen LogP contribution is -2.40. The number of amides is 2. The number of nitrogens with two attached hydrogens (primary N) is 1. The van der Waals surface area contributed by atoms with Crippen LogP contribution in [0.3, 0.4) is 0 Å². The van der Waals surface area contributed by atoms with Gasteiger partial charge in [-0.05, 0) is 77.7 Å². The number of nitrogens with zero attached hydrogens (tertiary/aromatic N) is 1. The summed E-state index contributed by atoms with van der Waals surface area (Å²) in [5.74, 6) is -5.10. The number of sulfonamides is 1. The second kappa shape index (κ2) is 14.4. The van der Waals surface area contributed by atoms with E-state index < -0.39 is 58.5 Å². The third-order valence-electron chi connectivity index (χ3n) is 5.95. The Morgan fingerprint density at radius 3 is 2.19 bits per heavy atom. The predicted octanol–water partition coefficient (Wildman–Crippen LogP) is 2.81. The molecule has 3 rings (SSSR count). The highest BCUT2D eigenvalue weighted by atomic mass is 79.9. The number of carboxylic acid groups (broad SMARTS) is 2. The van der Waals surface area contributed by atoms with E-state index in [1.807, 2.05) is 0 Å². The molecule has 1 saturated heterocycles. The molecule has 0 spiro atoms. The molecule has 0 aromatic heterocycles. The molecule has 43 heavy (non-hydrogen) atoms. The summed E-state index contributed by atoms with van der Waals surface area (Å²) in [6, 6.07) is 9.11. The molecule has 0 bridgehead atoms. The number of nitrogens with one attached hydrogen (secondary N) is 3. The number of halogens is 4. The maximum atomic E-state index is 13.1. The summed E-state index contributed by atoms with van der Waals surface area (Å²) >= 11 is 3.26. The fraction of sp³-hybridized carbons (Fsp3) is 0.320. The van der Waals surface area contributed by atoms with Gasteiger partial charge in [0.2, 0.25) is 21.8 Å². The maximum Gasteiger partial charge on any atom is 0.490 e. The van der Waals surface area contributed by atoms with E-state index in [-0.39, 0.29) is 28.2 Å². The molecule has 1 aliphatic heterocycles. The first-order valence-electron chi connectivity index (χ1n) is 12.2. The van der Waals surface area contributed by atoms with Crippen LogP contribution in [0.1, 0.15) is 43.4 Å². The highest BCUT2D eigenvalue weighted by Gasteiger charge is 2.40. The average molecular weight is 694 g/mol. The van der Waals surface area contributed by atoms with E-state index in [2.05, 4.69) is 26.6 Å². The van der Waals surface area contributed by atoms with E-state index in [4.69, 9.17) is 21.0 Å². The molecule has 234 valence electrons. The number of hydrogen-bond acceptors (Lipinski definition) is 7. The fourth-order valence-electron chi connectivity index (χ4n) is 3.86. The first-order valence-corrected chi connectivity index (χ1v) is 14.5. The zero-order valence-electron chi connectivity index (χ0n) is 22.3. The Balaban J connectivity index is 0.000000821. The molecule has 1 heterocycles. The van der Waals surface area contributed by atoms with Crippen LogP contribution in [0.5, 0.6) is 0 Å². The SMILES string of the molecule is CC(NC(=O)CC(=O)Nc1ccc(C(=N)N)cc1)c1ccc(S(=O)(=O)N2CCCC2C(=O)O)c(Br)c1.O=C(O)C(F)(F)F. The van der Waals surface area contributed by atoms with Gasteiger partial charge in [0.1, 0.15) is 18.3 Å². The van der Waals surface area contributed by atoms with Crippen LogP contribution < -0.4 is 16.4 Å². The minimum atomic E-state index is -5.08. The van der Waals surface area contributed by atoms with Gasteiger partial charge in [0, 0.05) is 22.3 Å². The second-order valence-electron chi connectivity index (χ2n) is 9.11. The van der Waals surface area contributed by atoms with Gasteiger partial charge in [0.05, 0.1) is 10.9 Å². The molecule has 7 N–H and O–H groups in total. The largest absolute Gasteiger partial charge is 0.490 e. The number of hydrogen-bond donors (Lipinski definition) is 6. The highest BCUT2D eigenvalue weighted by molar-refractivity contribution is 9.10. The lowest BCUT2D eigenvalue weighted by Gasteiger charge is -2.22. The van der Waals surface area contributed by atoms with Crippen molar-refractivity contribution in [2.75, 3.05) is 11.9 Å². The van der Waals surface area contributed by atoms with E-state index in [0.29, 0.717) is 23.2 Å². The number of alkyl halides is 3. The number of anilines is 1. The summed E-state index contributed by atoms with van der Waals surface area (Å²) in [7, 11) is -4.04. The van der Waals surface area contributed by atoms with Gasteiger partial charge >= 0.3 is 18.1 Å². The van der Waals surface area contributed by atoms with Crippen molar-refractivity contribution in [1.82, 2.24) is 9.62 Å². The van der Waals surface area contributed by atoms with Crippen LogP contribution in [-0.4, -0.2) is 71.3 Å². The van der Waals surface area contributed by atoms with E-state index in [9.17, 15) is 41.1 Å². The van der Waals surface area contributed by atoms with Crippen LogP contribution in [0.2, 0.25) is 0 Å². The molecule has 1 fully saturated rings. The number of carbonyl (C=O) groups excluding carboxylic acids is 2. The minimum absolute atomic E-state index is 0.0619. The van der Waals surface area contributed by atoms with Crippen molar-refractivity contribution in [3.8, 4) is 0 Å². The second-order valence-corrected chi connectivity index (χ2v) is 11.8. The first-order chi connectivity index (χ1) is 19.8. The van der Waals surface area contributed by atoms with Gasteiger partial charge in [0.15, 0.2) is 0 Å². The van der Waals surface area contributed by atoms with Crippen molar-refractivity contribution in [3.05, 3.63) is 58.1 Å². The lowest BCUT2D eigenvalue weighted by atomic mass is 10.1. The number of benzene rings is 2. The topological polar surface area (TPSA) is 220 Å². The Labute approximate surface area is 251 Å². The van der Waals surface area contributed by atoms with Gasteiger partial charge in [-0.15, -0.1) is 0 Å². The summed E-state index contributed by atoms with van der Waals surface area (Å²) in [6.45, 7) is 1.82. The summed E-state index contributed by atoms with van der Waals surface area (Å²) in [5.41, 5.74) is 6.94. The quantitative estimate of drug-likeness (QED) is 0.129. The monoisotopic (exact) mass is 693 g/mol. The molecule has 2 aromatic rings. The molecule has 0 radical (unpaired) electrons. The lowest BCUT2D eigenvalue weighted by molar-refractivity contribution is -0.192. The zero-order valence-corrected chi connectivity index (χ0v) is 24.7. The van der Waals surface area contributed by atoms with Gasteiger partial charge < -0.3 is 26.6 Å². The summed E-state index contributed by atoms with van der Waals surface area (Å²) in [4.78, 5) is 44.9. The van der Waals surface area contributed by atoms with Gasteiger partial charge in [-0.2, -0.15) is 17.5 Å². The first kappa shape index (κ1) is 35.2. The van der Waals surface area contributed by atoms with Crippen LogP contribution in [0.4, 0.5) is 18.9 Å². The molecule has 2 unspecified atom stereocenters. The normalized spacial score (nSPS) is 15.9. The average Bonchev–Trinajstić information content (AvgIpc) is 3.40. The van der Waals surface area contributed by atoms with E-state index in [0.717, 1.165) is 4.31 Å². The van der Waals surface area contributed by atoms with E-state index in [1.54, 1.807) is 37.3 Å². The smallest absolute Gasteiger partial charge is 0.480 e. The third-order valence-corrected chi connectivity index (χ3v) is 8.84. The van der Waals surface area contributed by atoms with Crippen molar-refractivity contribution < 1.29 is 51.0 Å². The standard InChI is InChI=1S/C23H26BrN5O6S.C2HF3O2/c1-13(27-20(30)12-21(31)28-16-7-4-14(5-8-16)22(25)26)15-6-9-19(17(24)11-15)36(34,35)29-10-2-3-18(29)23(32)33;3-2(4,5)1(6)7/h4-9,11,13,18H,2-3,10,12H2,1H3,(H3,25,26)(H,27,30)(H,28,31)(H,32,33);(H,6,7). The number of rotatable bonds is 9. The molecule has 0 aliphatic carbocycles. The Morgan fingerprint density at radius 1 is 1.12 bits per heavy atom. The number of nitrogen functional groups attached to an aromatic ring is 1. The van der Waals surface area contributed by atoms with Crippen LogP contribution in [-0.2, 0) is 29.2 Å². The Hall–Kier alpha value is -4.03. The molecule has 2 amide bonds. The number of amidine groups is 1. The Kier molecular flexibility index (Phi) is 11.8. The van der Waals surface area contributed by atoms with E-state index in [1.165, 1.54) is 12.1 Å². The molecule has 18 heteroatoms. The van der Waals surface area contributed by atoms with Gasteiger partial charge in [-0.1, -0.05) is 6.07 Å². The number of carbonyl (C=O) groups is 4. The molecule has 13 nitrogen and oxygen atoms in total. The van der Waals surface area contributed by atoms with Crippen molar-refractivity contribution >= 4 is 61.2 Å². The Bertz CT molecular complexity index is 1500.